The molecule has 1 aromatic heterocycles. The first-order valence-corrected chi connectivity index (χ1v) is 7.43. The van der Waals surface area contributed by atoms with E-state index in [9.17, 15) is 4.79 Å². The van der Waals surface area contributed by atoms with Crippen molar-refractivity contribution >= 4 is 5.97 Å². The van der Waals surface area contributed by atoms with E-state index in [1.807, 2.05) is 30.5 Å². The Hall–Kier alpha value is -2.88. The fourth-order valence-corrected chi connectivity index (χ4v) is 2.59. The lowest BCUT2D eigenvalue weighted by molar-refractivity contribution is 0.0600. The van der Waals surface area contributed by atoms with Gasteiger partial charge >= 0.3 is 5.97 Å². The molecule has 0 amide bonds. The standard InChI is InChI=1S/C19H18N2O2/c1-14-5-3-7-16(11-14)18-20-9-10-21(18)13-15-6-4-8-17(12-15)19(22)23-2/h3-12H,13H2,1-2H3. The third-order valence-corrected chi connectivity index (χ3v) is 3.69. The fraction of sp³-hybridized carbons (Fsp3) is 0.158. The summed E-state index contributed by atoms with van der Waals surface area (Å²) in [5.74, 6) is 0.591. The summed E-state index contributed by atoms with van der Waals surface area (Å²) >= 11 is 0. The van der Waals surface area contributed by atoms with Crippen LogP contribution in [-0.2, 0) is 11.3 Å². The molecule has 0 atom stereocenters. The summed E-state index contributed by atoms with van der Waals surface area (Å²) in [5.41, 5.74) is 3.87. The molecule has 0 aliphatic carbocycles. The summed E-state index contributed by atoms with van der Waals surface area (Å²) in [6, 6.07) is 15.7. The Morgan fingerprint density at radius 1 is 1.17 bits per heavy atom. The summed E-state index contributed by atoms with van der Waals surface area (Å²) in [5, 5.41) is 0. The first-order chi connectivity index (χ1) is 11.2. The summed E-state index contributed by atoms with van der Waals surface area (Å²) in [6.45, 7) is 2.71. The molecular formula is C19H18N2O2. The molecule has 0 bridgehead atoms. The van der Waals surface area contributed by atoms with Gasteiger partial charge in [-0.05, 0) is 30.7 Å². The molecule has 0 aliphatic heterocycles. The lowest BCUT2D eigenvalue weighted by Crippen LogP contribution is -2.05. The van der Waals surface area contributed by atoms with Gasteiger partial charge in [-0.3, -0.25) is 0 Å². The number of carbonyl (C=O) groups is 1. The zero-order valence-corrected chi connectivity index (χ0v) is 13.2. The number of ether oxygens (including phenoxy) is 1. The van der Waals surface area contributed by atoms with E-state index in [1.165, 1.54) is 12.7 Å². The topological polar surface area (TPSA) is 44.1 Å². The number of methoxy groups -OCH3 is 1. The molecule has 0 N–H and O–H groups in total. The van der Waals surface area contributed by atoms with Crippen molar-refractivity contribution in [1.82, 2.24) is 9.55 Å². The van der Waals surface area contributed by atoms with Crippen molar-refractivity contribution in [3.8, 4) is 11.4 Å². The number of hydrogen-bond donors (Lipinski definition) is 0. The second-order valence-electron chi connectivity index (χ2n) is 5.44. The highest BCUT2D eigenvalue weighted by Crippen LogP contribution is 2.20. The summed E-state index contributed by atoms with van der Waals surface area (Å²) in [6.07, 6.45) is 3.74. The zero-order valence-electron chi connectivity index (χ0n) is 13.2. The Morgan fingerprint density at radius 2 is 2.00 bits per heavy atom. The van der Waals surface area contributed by atoms with E-state index in [0.29, 0.717) is 12.1 Å². The third kappa shape index (κ3) is 3.31. The van der Waals surface area contributed by atoms with Crippen molar-refractivity contribution in [2.45, 2.75) is 13.5 Å². The van der Waals surface area contributed by atoms with E-state index >= 15 is 0 Å². The van der Waals surface area contributed by atoms with E-state index in [2.05, 4.69) is 34.7 Å². The van der Waals surface area contributed by atoms with Crippen LogP contribution in [0.25, 0.3) is 11.4 Å². The lowest BCUT2D eigenvalue weighted by atomic mass is 10.1. The average Bonchev–Trinajstić information content (AvgIpc) is 3.02. The number of aryl methyl sites for hydroxylation is 1. The van der Waals surface area contributed by atoms with E-state index in [-0.39, 0.29) is 5.97 Å². The summed E-state index contributed by atoms with van der Waals surface area (Å²) < 4.78 is 6.85. The second-order valence-corrected chi connectivity index (χ2v) is 5.44. The molecule has 0 fully saturated rings. The number of rotatable bonds is 4. The fourth-order valence-electron chi connectivity index (χ4n) is 2.59. The van der Waals surface area contributed by atoms with E-state index in [0.717, 1.165) is 17.0 Å². The van der Waals surface area contributed by atoms with Crippen LogP contribution in [0.15, 0.2) is 60.9 Å². The molecule has 1 heterocycles. The largest absolute Gasteiger partial charge is 0.465 e. The van der Waals surface area contributed by atoms with Gasteiger partial charge in [0.25, 0.3) is 0 Å². The predicted molar refractivity (Wildman–Crippen MR) is 89.3 cm³/mol. The number of benzene rings is 2. The SMILES string of the molecule is COC(=O)c1cccc(Cn2ccnc2-c2cccc(C)c2)c1. The number of esters is 1. The Labute approximate surface area is 135 Å². The van der Waals surface area contributed by atoms with Crippen LogP contribution in [0.3, 0.4) is 0 Å². The average molecular weight is 306 g/mol. The van der Waals surface area contributed by atoms with Crippen molar-refractivity contribution in [3.63, 3.8) is 0 Å². The van der Waals surface area contributed by atoms with Crippen LogP contribution in [0.2, 0.25) is 0 Å². The number of imidazole rings is 1. The van der Waals surface area contributed by atoms with Gasteiger partial charge in [0.05, 0.1) is 12.7 Å². The molecule has 0 unspecified atom stereocenters. The molecule has 4 heteroatoms. The summed E-state index contributed by atoms with van der Waals surface area (Å²) in [4.78, 5) is 16.1. The Bertz CT molecular complexity index is 837. The maximum atomic E-state index is 11.7. The monoisotopic (exact) mass is 306 g/mol. The molecule has 2 aromatic carbocycles. The van der Waals surface area contributed by atoms with Crippen LogP contribution in [0, 0.1) is 6.92 Å². The van der Waals surface area contributed by atoms with Gasteiger partial charge in [-0.25, -0.2) is 9.78 Å². The molecule has 0 radical (unpaired) electrons. The molecule has 23 heavy (non-hydrogen) atoms. The van der Waals surface area contributed by atoms with Gasteiger partial charge in [0.2, 0.25) is 0 Å². The van der Waals surface area contributed by atoms with Crippen molar-refractivity contribution in [1.29, 1.82) is 0 Å². The van der Waals surface area contributed by atoms with E-state index < -0.39 is 0 Å². The van der Waals surface area contributed by atoms with Gasteiger partial charge in [0.15, 0.2) is 0 Å². The van der Waals surface area contributed by atoms with Crippen LogP contribution < -0.4 is 0 Å². The minimum absolute atomic E-state index is 0.323. The van der Waals surface area contributed by atoms with Gasteiger partial charge < -0.3 is 9.30 Å². The van der Waals surface area contributed by atoms with Crippen LogP contribution >= 0.6 is 0 Å². The first kappa shape index (κ1) is 15.0. The smallest absolute Gasteiger partial charge is 0.337 e. The molecule has 3 aromatic rings. The quantitative estimate of drug-likeness (QED) is 0.690. The predicted octanol–water partition coefficient (Wildman–Crippen LogP) is 3.69. The van der Waals surface area contributed by atoms with E-state index in [4.69, 9.17) is 4.74 Å². The summed E-state index contributed by atoms with van der Waals surface area (Å²) in [7, 11) is 1.39. The van der Waals surface area contributed by atoms with Crippen LogP contribution in [0.5, 0.6) is 0 Å². The van der Waals surface area contributed by atoms with Crippen molar-refractivity contribution < 1.29 is 9.53 Å². The van der Waals surface area contributed by atoms with Gasteiger partial charge in [0.1, 0.15) is 5.82 Å². The second kappa shape index (κ2) is 6.48. The molecular weight excluding hydrogens is 288 g/mol. The van der Waals surface area contributed by atoms with Crippen molar-refractivity contribution in [3.05, 3.63) is 77.6 Å². The minimum Gasteiger partial charge on any atom is -0.465 e. The Balaban J connectivity index is 1.90. The van der Waals surface area contributed by atoms with Crippen LogP contribution in [-0.4, -0.2) is 22.6 Å². The lowest BCUT2D eigenvalue weighted by Gasteiger charge is -2.09. The minimum atomic E-state index is -0.323. The van der Waals surface area contributed by atoms with Gasteiger partial charge in [0, 0.05) is 24.5 Å². The highest BCUT2D eigenvalue weighted by molar-refractivity contribution is 5.89. The molecule has 3 rings (SSSR count). The molecule has 0 aliphatic rings. The van der Waals surface area contributed by atoms with Gasteiger partial charge in [-0.1, -0.05) is 35.9 Å². The van der Waals surface area contributed by atoms with Crippen molar-refractivity contribution in [2.24, 2.45) is 0 Å². The Kier molecular flexibility index (Phi) is 4.24. The molecule has 4 nitrogen and oxygen atoms in total. The number of nitrogens with zero attached hydrogens (tertiary/aromatic N) is 2. The Morgan fingerprint density at radius 3 is 2.78 bits per heavy atom. The number of carbonyl (C=O) groups excluding carboxylic acids is 1. The molecule has 116 valence electrons. The maximum absolute atomic E-state index is 11.7. The van der Waals surface area contributed by atoms with Gasteiger partial charge in [-0.15, -0.1) is 0 Å². The highest BCUT2D eigenvalue weighted by atomic mass is 16.5. The highest BCUT2D eigenvalue weighted by Gasteiger charge is 2.09. The van der Waals surface area contributed by atoms with Crippen LogP contribution in [0.4, 0.5) is 0 Å². The maximum Gasteiger partial charge on any atom is 0.337 e. The normalized spacial score (nSPS) is 10.5. The third-order valence-electron chi connectivity index (χ3n) is 3.69. The molecule has 0 saturated carbocycles. The zero-order chi connectivity index (χ0) is 16.2. The van der Waals surface area contributed by atoms with Gasteiger partial charge in [-0.2, -0.15) is 0 Å². The number of aromatic nitrogens is 2. The number of hydrogen-bond acceptors (Lipinski definition) is 3. The molecule has 0 spiro atoms. The molecule has 0 saturated heterocycles. The van der Waals surface area contributed by atoms with Crippen LogP contribution in [0.1, 0.15) is 21.5 Å². The van der Waals surface area contributed by atoms with E-state index in [1.54, 1.807) is 12.3 Å². The van der Waals surface area contributed by atoms with Crippen molar-refractivity contribution in [2.75, 3.05) is 7.11 Å². The first-order valence-electron chi connectivity index (χ1n) is 7.43.